The molecule has 0 bridgehead atoms. The van der Waals surface area contributed by atoms with E-state index in [-0.39, 0.29) is 17.0 Å². The number of hydrogen-bond acceptors (Lipinski definition) is 4. The van der Waals surface area contributed by atoms with Crippen LogP contribution in [0.2, 0.25) is 0 Å². The van der Waals surface area contributed by atoms with E-state index in [2.05, 4.69) is 10.2 Å². The summed E-state index contributed by atoms with van der Waals surface area (Å²) < 4.78 is 5.32. The molecule has 2 N–H and O–H groups in total. The lowest BCUT2D eigenvalue weighted by molar-refractivity contribution is 0.286. The van der Waals surface area contributed by atoms with Crippen molar-refractivity contribution in [1.29, 1.82) is 0 Å². The minimum absolute atomic E-state index is 0. The van der Waals surface area contributed by atoms with Crippen molar-refractivity contribution in [3.63, 3.8) is 0 Å². The van der Waals surface area contributed by atoms with Crippen molar-refractivity contribution in [2.75, 3.05) is 12.3 Å². The molecule has 0 saturated carbocycles. The Hall–Kier alpha value is -0.840. The quantitative estimate of drug-likeness (QED) is 0.723. The zero-order chi connectivity index (χ0) is 7.68. The second-order valence-corrected chi connectivity index (χ2v) is 2.52. The molecular formula is C7H10BrN3O. The van der Waals surface area contributed by atoms with Crippen molar-refractivity contribution >= 4 is 22.8 Å². The van der Waals surface area contributed by atoms with Crippen LogP contribution in [-0.2, 0) is 6.42 Å². The minimum Gasteiger partial charge on any atom is -0.491 e. The Morgan fingerprint density at radius 1 is 1.50 bits per heavy atom. The molecule has 0 amide bonds. The summed E-state index contributed by atoms with van der Waals surface area (Å²) in [5, 5.41) is 7.44. The van der Waals surface area contributed by atoms with Crippen LogP contribution in [0.1, 0.15) is 12.0 Å². The molecule has 66 valence electrons. The van der Waals surface area contributed by atoms with Crippen molar-refractivity contribution in [2.45, 2.75) is 12.8 Å². The average molecular weight is 232 g/mol. The zero-order valence-electron chi connectivity index (χ0n) is 6.49. The van der Waals surface area contributed by atoms with Crippen LogP contribution in [0.4, 0.5) is 5.82 Å². The van der Waals surface area contributed by atoms with Crippen molar-refractivity contribution in [3.05, 3.63) is 11.8 Å². The van der Waals surface area contributed by atoms with E-state index in [4.69, 9.17) is 10.5 Å². The van der Waals surface area contributed by atoms with Gasteiger partial charge in [-0.15, -0.1) is 22.1 Å². The van der Waals surface area contributed by atoms with E-state index in [0.29, 0.717) is 5.82 Å². The Bertz CT molecular complexity index is 279. The number of aromatic nitrogens is 2. The normalized spacial score (nSPS) is 14.0. The van der Waals surface area contributed by atoms with Gasteiger partial charge in [-0.3, -0.25) is 0 Å². The molecule has 0 aromatic carbocycles. The fourth-order valence-electron chi connectivity index (χ4n) is 1.21. The van der Waals surface area contributed by atoms with E-state index in [1.807, 2.05) is 0 Å². The predicted molar refractivity (Wildman–Crippen MR) is 50.6 cm³/mol. The first-order valence-electron chi connectivity index (χ1n) is 3.61. The first-order chi connectivity index (χ1) is 5.38. The number of ether oxygens (including phenoxy) is 1. The van der Waals surface area contributed by atoms with Crippen LogP contribution in [0.5, 0.6) is 5.75 Å². The van der Waals surface area contributed by atoms with E-state index >= 15 is 0 Å². The lowest BCUT2D eigenvalue weighted by Gasteiger charge is -2.16. The molecule has 1 aliphatic rings. The summed E-state index contributed by atoms with van der Waals surface area (Å²) in [4.78, 5) is 0. The number of nitrogen functional groups attached to an aromatic ring is 1. The molecule has 0 atom stereocenters. The third kappa shape index (κ3) is 1.50. The molecule has 0 unspecified atom stereocenters. The molecule has 2 heterocycles. The molecule has 4 nitrogen and oxygen atoms in total. The van der Waals surface area contributed by atoms with Gasteiger partial charge in [0.25, 0.3) is 0 Å². The third-order valence-electron chi connectivity index (χ3n) is 1.78. The third-order valence-corrected chi connectivity index (χ3v) is 1.78. The van der Waals surface area contributed by atoms with Crippen LogP contribution < -0.4 is 10.5 Å². The Morgan fingerprint density at radius 2 is 2.33 bits per heavy atom. The zero-order valence-corrected chi connectivity index (χ0v) is 8.20. The van der Waals surface area contributed by atoms with E-state index in [9.17, 15) is 0 Å². The second-order valence-electron chi connectivity index (χ2n) is 2.52. The van der Waals surface area contributed by atoms with E-state index < -0.39 is 0 Å². The largest absolute Gasteiger partial charge is 0.491 e. The number of fused-ring (bicyclic) bond motifs is 1. The van der Waals surface area contributed by atoms with Crippen molar-refractivity contribution in [2.24, 2.45) is 0 Å². The second kappa shape index (κ2) is 3.71. The van der Waals surface area contributed by atoms with Gasteiger partial charge in [0.05, 0.1) is 12.8 Å². The van der Waals surface area contributed by atoms with Gasteiger partial charge in [0, 0.05) is 5.56 Å². The number of nitrogens with zero attached hydrogens (tertiary/aromatic N) is 2. The summed E-state index contributed by atoms with van der Waals surface area (Å²) in [5.41, 5.74) is 6.59. The van der Waals surface area contributed by atoms with Gasteiger partial charge in [-0.05, 0) is 12.8 Å². The molecule has 0 radical (unpaired) electrons. The lowest BCUT2D eigenvalue weighted by atomic mass is 10.1. The highest BCUT2D eigenvalue weighted by atomic mass is 79.9. The van der Waals surface area contributed by atoms with Gasteiger partial charge in [0.1, 0.15) is 5.75 Å². The van der Waals surface area contributed by atoms with Gasteiger partial charge >= 0.3 is 0 Å². The van der Waals surface area contributed by atoms with Crippen LogP contribution in [0, 0.1) is 0 Å². The number of hydrogen-bond donors (Lipinski definition) is 1. The molecule has 1 aromatic heterocycles. The average Bonchev–Trinajstić information content (AvgIpc) is 2.06. The van der Waals surface area contributed by atoms with Crippen molar-refractivity contribution in [1.82, 2.24) is 10.2 Å². The number of nitrogens with two attached hydrogens (primary N) is 1. The molecular weight excluding hydrogens is 222 g/mol. The Kier molecular flexibility index (Phi) is 2.86. The van der Waals surface area contributed by atoms with E-state index in [1.54, 1.807) is 6.20 Å². The number of rotatable bonds is 0. The number of anilines is 1. The highest BCUT2D eigenvalue weighted by molar-refractivity contribution is 8.93. The summed E-state index contributed by atoms with van der Waals surface area (Å²) in [7, 11) is 0. The summed E-state index contributed by atoms with van der Waals surface area (Å²) in [6, 6.07) is 0. The fraction of sp³-hybridized carbons (Fsp3) is 0.429. The maximum atomic E-state index is 5.59. The van der Waals surface area contributed by atoms with Crippen LogP contribution >= 0.6 is 17.0 Å². The van der Waals surface area contributed by atoms with Gasteiger partial charge in [-0.2, -0.15) is 5.10 Å². The first kappa shape index (κ1) is 9.25. The topological polar surface area (TPSA) is 61.0 Å². The van der Waals surface area contributed by atoms with Gasteiger partial charge in [0.15, 0.2) is 5.82 Å². The smallest absolute Gasteiger partial charge is 0.153 e. The lowest BCUT2D eigenvalue weighted by Crippen LogP contribution is -2.12. The van der Waals surface area contributed by atoms with Crippen LogP contribution in [0.15, 0.2) is 6.20 Å². The number of halogens is 1. The summed E-state index contributed by atoms with van der Waals surface area (Å²) in [6.45, 7) is 0.762. The minimum atomic E-state index is 0. The van der Waals surface area contributed by atoms with Gasteiger partial charge in [-0.1, -0.05) is 0 Å². The fourth-order valence-corrected chi connectivity index (χ4v) is 1.21. The molecule has 0 saturated heterocycles. The van der Waals surface area contributed by atoms with Crippen LogP contribution in [0.3, 0.4) is 0 Å². The van der Waals surface area contributed by atoms with Gasteiger partial charge in [-0.25, -0.2) is 0 Å². The van der Waals surface area contributed by atoms with Crippen molar-refractivity contribution < 1.29 is 4.74 Å². The first-order valence-corrected chi connectivity index (χ1v) is 3.61. The highest BCUT2D eigenvalue weighted by Crippen LogP contribution is 2.26. The highest BCUT2D eigenvalue weighted by Gasteiger charge is 2.13. The predicted octanol–water partition coefficient (Wildman–Crippen LogP) is 0.962. The Balaban J connectivity index is 0.000000720. The standard InChI is InChI=1S/C7H9N3O.BrH/c8-7-5-2-1-3-11-6(5)4-9-10-7;/h4H,1-3H2,(H2,8,10);1H. The molecule has 0 aliphatic carbocycles. The Labute approximate surface area is 80.9 Å². The van der Waals surface area contributed by atoms with E-state index in [1.165, 1.54) is 0 Å². The summed E-state index contributed by atoms with van der Waals surface area (Å²) >= 11 is 0. The molecule has 5 heteroatoms. The van der Waals surface area contributed by atoms with Crippen molar-refractivity contribution in [3.8, 4) is 5.75 Å². The molecule has 2 rings (SSSR count). The maximum Gasteiger partial charge on any atom is 0.153 e. The maximum absolute atomic E-state index is 5.59. The molecule has 12 heavy (non-hydrogen) atoms. The monoisotopic (exact) mass is 231 g/mol. The molecule has 1 aliphatic heterocycles. The van der Waals surface area contributed by atoms with Crippen LogP contribution in [-0.4, -0.2) is 16.8 Å². The van der Waals surface area contributed by atoms with E-state index in [0.717, 1.165) is 30.8 Å². The van der Waals surface area contributed by atoms with Crippen LogP contribution in [0.25, 0.3) is 0 Å². The van der Waals surface area contributed by atoms with Gasteiger partial charge in [0.2, 0.25) is 0 Å². The van der Waals surface area contributed by atoms with Gasteiger partial charge < -0.3 is 10.5 Å². The SMILES string of the molecule is Br.Nc1nncc2c1CCCO2. The molecule has 0 fully saturated rings. The molecule has 0 spiro atoms. The Morgan fingerprint density at radius 3 is 3.08 bits per heavy atom. The summed E-state index contributed by atoms with van der Waals surface area (Å²) in [5.74, 6) is 1.30. The molecule has 1 aromatic rings. The summed E-state index contributed by atoms with van der Waals surface area (Å²) in [6.07, 6.45) is 3.59.